The molecule has 1 aliphatic carbocycles. The second-order valence-electron chi connectivity index (χ2n) is 3.70. The Hall–Kier alpha value is -1.19. The van der Waals surface area contributed by atoms with Gasteiger partial charge in [-0.25, -0.2) is 15.5 Å². The Labute approximate surface area is 106 Å². The summed E-state index contributed by atoms with van der Waals surface area (Å²) in [5, 5.41) is 13.3. The first-order valence-electron chi connectivity index (χ1n) is 5.19. The number of thioether (sulfide) groups is 1. The van der Waals surface area contributed by atoms with Crippen molar-refractivity contribution >= 4 is 28.2 Å². The average molecular weight is 269 g/mol. The molecule has 0 amide bonds. The summed E-state index contributed by atoms with van der Waals surface area (Å²) in [4.78, 5) is 5.26. The van der Waals surface area contributed by atoms with Gasteiger partial charge in [-0.2, -0.15) is 0 Å². The summed E-state index contributed by atoms with van der Waals surface area (Å²) in [6, 6.07) is 0.509. The van der Waals surface area contributed by atoms with E-state index in [1.807, 2.05) is 10.9 Å². The fraction of sp³-hybridized carbons (Fsp3) is 0.500. The number of thiazole rings is 1. The van der Waals surface area contributed by atoms with Crippen LogP contribution in [0.5, 0.6) is 0 Å². The van der Waals surface area contributed by atoms with Crippen LogP contribution < -0.4 is 11.3 Å². The SMILES string of the molecule is NNc1ncc(CSc2nnnn2C2CC2)s1. The molecule has 3 rings (SSSR count). The van der Waals surface area contributed by atoms with Gasteiger partial charge in [-0.15, -0.1) is 16.4 Å². The summed E-state index contributed by atoms with van der Waals surface area (Å²) in [5.41, 5.74) is 2.53. The maximum atomic E-state index is 5.28. The number of anilines is 1. The Morgan fingerprint density at radius 3 is 3.18 bits per heavy atom. The first-order valence-corrected chi connectivity index (χ1v) is 6.99. The largest absolute Gasteiger partial charge is 0.300 e. The van der Waals surface area contributed by atoms with Crippen LogP contribution in [0.3, 0.4) is 0 Å². The quantitative estimate of drug-likeness (QED) is 0.476. The normalized spacial score (nSPS) is 15.1. The van der Waals surface area contributed by atoms with Gasteiger partial charge in [-0.05, 0) is 23.3 Å². The third-order valence-electron chi connectivity index (χ3n) is 2.38. The second kappa shape index (κ2) is 4.59. The van der Waals surface area contributed by atoms with E-state index in [0.29, 0.717) is 6.04 Å². The molecule has 2 aromatic rings. The van der Waals surface area contributed by atoms with Gasteiger partial charge in [0.05, 0.1) is 6.04 Å². The molecular formula is C8H11N7S2. The van der Waals surface area contributed by atoms with E-state index in [9.17, 15) is 0 Å². The van der Waals surface area contributed by atoms with Crippen molar-refractivity contribution in [3.05, 3.63) is 11.1 Å². The Bertz CT molecular complexity index is 503. The van der Waals surface area contributed by atoms with E-state index >= 15 is 0 Å². The van der Waals surface area contributed by atoms with Gasteiger partial charge in [0.1, 0.15) is 0 Å². The molecule has 0 unspecified atom stereocenters. The molecule has 1 fully saturated rings. The molecule has 90 valence electrons. The maximum Gasteiger partial charge on any atom is 0.209 e. The van der Waals surface area contributed by atoms with Crippen molar-refractivity contribution in [2.24, 2.45) is 5.84 Å². The van der Waals surface area contributed by atoms with E-state index in [1.54, 1.807) is 11.8 Å². The van der Waals surface area contributed by atoms with Gasteiger partial charge >= 0.3 is 0 Å². The standard InChI is InChI=1S/C8H11N7S2/c9-11-7-10-3-6(17-7)4-16-8-12-13-14-15(8)5-1-2-5/h3,5H,1-2,4,9H2,(H,10,11). The van der Waals surface area contributed by atoms with Crippen LogP contribution in [0.2, 0.25) is 0 Å². The van der Waals surface area contributed by atoms with Crippen LogP contribution in [-0.4, -0.2) is 25.2 Å². The molecule has 0 spiro atoms. The number of nitrogens with two attached hydrogens (primary N) is 1. The fourth-order valence-corrected chi connectivity index (χ4v) is 3.09. The molecule has 3 N–H and O–H groups in total. The van der Waals surface area contributed by atoms with Crippen LogP contribution in [0, 0.1) is 0 Å². The number of nitrogen functional groups attached to an aromatic ring is 1. The van der Waals surface area contributed by atoms with E-state index in [1.165, 1.54) is 24.2 Å². The molecule has 1 aliphatic rings. The number of aromatic nitrogens is 5. The van der Waals surface area contributed by atoms with Gasteiger partial charge in [0.2, 0.25) is 5.16 Å². The predicted octanol–water partition coefficient (Wildman–Crippen LogP) is 1.04. The van der Waals surface area contributed by atoms with Crippen LogP contribution in [0.1, 0.15) is 23.8 Å². The van der Waals surface area contributed by atoms with E-state index in [-0.39, 0.29) is 0 Å². The second-order valence-corrected chi connectivity index (χ2v) is 5.76. The fourth-order valence-electron chi connectivity index (χ4n) is 1.41. The molecular weight excluding hydrogens is 258 g/mol. The Balaban J connectivity index is 1.64. The van der Waals surface area contributed by atoms with Crippen LogP contribution >= 0.6 is 23.1 Å². The predicted molar refractivity (Wildman–Crippen MR) is 65.6 cm³/mol. The molecule has 2 heterocycles. The highest BCUT2D eigenvalue weighted by molar-refractivity contribution is 7.98. The van der Waals surface area contributed by atoms with Crippen molar-refractivity contribution in [1.82, 2.24) is 25.2 Å². The molecule has 17 heavy (non-hydrogen) atoms. The minimum absolute atomic E-state index is 0.509. The smallest absolute Gasteiger partial charge is 0.209 e. The summed E-state index contributed by atoms with van der Waals surface area (Å²) >= 11 is 3.17. The molecule has 2 aromatic heterocycles. The van der Waals surface area contributed by atoms with Gasteiger partial charge < -0.3 is 0 Å². The molecule has 0 bridgehead atoms. The lowest BCUT2D eigenvalue weighted by atomic mass is 10.6. The van der Waals surface area contributed by atoms with Crippen LogP contribution in [0.15, 0.2) is 11.4 Å². The van der Waals surface area contributed by atoms with Gasteiger partial charge in [-0.1, -0.05) is 11.8 Å². The van der Waals surface area contributed by atoms with Crippen LogP contribution in [-0.2, 0) is 5.75 Å². The molecule has 9 heteroatoms. The molecule has 0 atom stereocenters. The lowest BCUT2D eigenvalue weighted by Gasteiger charge is -1.99. The van der Waals surface area contributed by atoms with Crippen molar-refractivity contribution in [3.8, 4) is 0 Å². The number of rotatable bonds is 5. The number of tetrazole rings is 1. The van der Waals surface area contributed by atoms with Crippen molar-refractivity contribution < 1.29 is 0 Å². The first-order chi connectivity index (χ1) is 8.36. The van der Waals surface area contributed by atoms with Gasteiger partial charge in [-0.3, -0.25) is 5.43 Å². The number of nitrogens with zero attached hydrogens (tertiary/aromatic N) is 5. The third kappa shape index (κ3) is 2.40. The number of hydrogen-bond donors (Lipinski definition) is 2. The maximum absolute atomic E-state index is 5.28. The van der Waals surface area contributed by atoms with Crippen molar-refractivity contribution in [3.63, 3.8) is 0 Å². The van der Waals surface area contributed by atoms with Gasteiger partial charge in [0.15, 0.2) is 5.13 Å². The minimum Gasteiger partial charge on any atom is -0.300 e. The highest BCUT2D eigenvalue weighted by atomic mass is 32.2. The zero-order valence-electron chi connectivity index (χ0n) is 8.91. The van der Waals surface area contributed by atoms with E-state index in [4.69, 9.17) is 5.84 Å². The lowest BCUT2D eigenvalue weighted by molar-refractivity contribution is 0.565. The Morgan fingerprint density at radius 2 is 2.47 bits per heavy atom. The molecule has 0 aliphatic heterocycles. The third-order valence-corrected chi connectivity index (χ3v) is 4.47. The van der Waals surface area contributed by atoms with Crippen LogP contribution in [0.25, 0.3) is 0 Å². The van der Waals surface area contributed by atoms with Gasteiger partial charge in [0.25, 0.3) is 0 Å². The zero-order chi connectivity index (χ0) is 11.7. The first kappa shape index (κ1) is 10.9. The highest BCUT2D eigenvalue weighted by Crippen LogP contribution is 2.37. The summed E-state index contributed by atoms with van der Waals surface area (Å²) in [6.07, 6.45) is 4.18. The summed E-state index contributed by atoms with van der Waals surface area (Å²) in [5.74, 6) is 6.09. The topological polar surface area (TPSA) is 94.5 Å². The zero-order valence-corrected chi connectivity index (χ0v) is 10.5. The average Bonchev–Trinajstić information content (AvgIpc) is 2.93. The molecule has 1 saturated carbocycles. The van der Waals surface area contributed by atoms with Gasteiger partial charge in [0, 0.05) is 16.8 Å². The molecule has 0 saturated heterocycles. The summed E-state index contributed by atoms with van der Waals surface area (Å²) < 4.78 is 1.91. The van der Waals surface area contributed by atoms with E-state index in [2.05, 4.69) is 25.9 Å². The van der Waals surface area contributed by atoms with Crippen molar-refractivity contribution in [2.45, 2.75) is 29.8 Å². The lowest BCUT2D eigenvalue weighted by Crippen LogP contribution is -2.05. The summed E-state index contributed by atoms with van der Waals surface area (Å²) in [6.45, 7) is 0. The van der Waals surface area contributed by atoms with E-state index < -0.39 is 0 Å². The molecule has 0 radical (unpaired) electrons. The minimum atomic E-state index is 0.509. The summed E-state index contributed by atoms with van der Waals surface area (Å²) in [7, 11) is 0. The molecule has 0 aromatic carbocycles. The highest BCUT2D eigenvalue weighted by Gasteiger charge is 2.27. The van der Waals surface area contributed by atoms with Crippen LogP contribution in [0.4, 0.5) is 5.13 Å². The number of hydrazine groups is 1. The number of nitrogens with one attached hydrogen (secondary N) is 1. The van der Waals surface area contributed by atoms with E-state index in [0.717, 1.165) is 20.9 Å². The monoisotopic (exact) mass is 269 g/mol. The van der Waals surface area contributed by atoms with Crippen molar-refractivity contribution in [1.29, 1.82) is 0 Å². The Kier molecular flexibility index (Phi) is 2.95. The van der Waals surface area contributed by atoms with Crippen molar-refractivity contribution in [2.75, 3.05) is 5.43 Å². The number of hydrogen-bond acceptors (Lipinski definition) is 8. The molecule has 7 nitrogen and oxygen atoms in total. The Morgan fingerprint density at radius 1 is 1.59 bits per heavy atom.